The van der Waals surface area contributed by atoms with Gasteiger partial charge in [0.2, 0.25) is 5.91 Å². The largest absolute Gasteiger partial charge is 0.392 e. The van der Waals surface area contributed by atoms with Crippen LogP contribution in [0.1, 0.15) is 25.8 Å². The van der Waals surface area contributed by atoms with Crippen molar-refractivity contribution in [2.45, 2.75) is 39.0 Å². The van der Waals surface area contributed by atoms with Crippen molar-refractivity contribution in [3.05, 3.63) is 35.9 Å². The lowest BCUT2D eigenvalue weighted by Crippen LogP contribution is -2.57. The van der Waals surface area contributed by atoms with Crippen molar-refractivity contribution in [3.8, 4) is 0 Å². The highest BCUT2D eigenvalue weighted by Crippen LogP contribution is 2.14. The molecule has 2 heterocycles. The second kappa shape index (κ2) is 10.3. The molecule has 1 N–H and O–H groups in total. The molecule has 28 heavy (non-hydrogen) atoms. The van der Waals surface area contributed by atoms with Crippen LogP contribution >= 0.6 is 0 Å². The summed E-state index contributed by atoms with van der Waals surface area (Å²) in [4.78, 5) is 21.9. The average Bonchev–Trinajstić information content (AvgIpc) is 2.70. The van der Waals surface area contributed by atoms with Crippen LogP contribution in [-0.2, 0) is 11.3 Å². The van der Waals surface area contributed by atoms with Crippen molar-refractivity contribution in [1.82, 2.24) is 19.6 Å². The molecule has 0 bridgehead atoms. The Morgan fingerprint density at radius 3 is 2.39 bits per heavy atom. The predicted octanol–water partition coefficient (Wildman–Crippen LogP) is 1.11. The van der Waals surface area contributed by atoms with E-state index in [0.29, 0.717) is 12.6 Å². The maximum atomic E-state index is 12.8. The van der Waals surface area contributed by atoms with E-state index in [4.69, 9.17) is 0 Å². The Bertz CT molecular complexity index is 602. The number of aliphatic hydroxyl groups excluding tert-OH is 1. The Morgan fingerprint density at radius 2 is 1.75 bits per heavy atom. The second-order valence-electron chi connectivity index (χ2n) is 8.28. The van der Waals surface area contributed by atoms with E-state index in [1.807, 2.05) is 17.9 Å². The molecule has 6 nitrogen and oxygen atoms in total. The summed E-state index contributed by atoms with van der Waals surface area (Å²) in [5.74, 6) is 0.262. The Hall–Kier alpha value is -1.47. The molecule has 2 aliphatic heterocycles. The number of hydrogen-bond acceptors (Lipinski definition) is 5. The number of carbonyl (C=O) groups excluding carboxylic acids is 1. The van der Waals surface area contributed by atoms with Gasteiger partial charge in [-0.15, -0.1) is 0 Å². The molecule has 2 aliphatic rings. The first-order valence-corrected chi connectivity index (χ1v) is 10.7. The average molecular weight is 389 g/mol. The van der Waals surface area contributed by atoms with Crippen LogP contribution in [0.15, 0.2) is 30.3 Å². The minimum absolute atomic E-state index is 0.262. The minimum atomic E-state index is -0.297. The van der Waals surface area contributed by atoms with E-state index in [-0.39, 0.29) is 12.0 Å². The maximum Gasteiger partial charge on any atom is 0.236 e. The van der Waals surface area contributed by atoms with E-state index in [2.05, 4.69) is 45.9 Å². The monoisotopic (exact) mass is 388 g/mol. The molecule has 0 saturated carbocycles. The van der Waals surface area contributed by atoms with Gasteiger partial charge in [0.1, 0.15) is 0 Å². The van der Waals surface area contributed by atoms with E-state index < -0.39 is 0 Å². The van der Waals surface area contributed by atoms with Gasteiger partial charge in [0, 0.05) is 64.9 Å². The lowest BCUT2D eigenvalue weighted by molar-refractivity contribution is -0.135. The SMILES string of the molecule is CCC1CN(CC(=O)N2CCN(Cc3ccccc3)CC2)CCN1CC(C)O. The van der Waals surface area contributed by atoms with Gasteiger partial charge in [-0.05, 0) is 18.9 Å². The van der Waals surface area contributed by atoms with Crippen LogP contribution in [0.2, 0.25) is 0 Å². The number of benzene rings is 1. The van der Waals surface area contributed by atoms with Gasteiger partial charge in [0.15, 0.2) is 0 Å². The fourth-order valence-electron chi connectivity index (χ4n) is 4.36. The summed E-state index contributed by atoms with van der Waals surface area (Å²) in [7, 11) is 0. The molecule has 156 valence electrons. The minimum Gasteiger partial charge on any atom is -0.392 e. The summed E-state index contributed by atoms with van der Waals surface area (Å²) < 4.78 is 0. The van der Waals surface area contributed by atoms with Crippen molar-refractivity contribution in [1.29, 1.82) is 0 Å². The summed E-state index contributed by atoms with van der Waals surface area (Å²) in [5.41, 5.74) is 1.34. The molecule has 6 heteroatoms. The van der Waals surface area contributed by atoms with Gasteiger partial charge in [-0.3, -0.25) is 19.5 Å². The van der Waals surface area contributed by atoms with E-state index in [1.54, 1.807) is 0 Å². The molecule has 0 spiro atoms. The Labute approximate surface area is 169 Å². The molecule has 2 unspecified atom stereocenters. The lowest BCUT2D eigenvalue weighted by Gasteiger charge is -2.42. The Kier molecular flexibility index (Phi) is 7.85. The normalized spacial score (nSPS) is 23.7. The predicted molar refractivity (Wildman–Crippen MR) is 112 cm³/mol. The van der Waals surface area contributed by atoms with Crippen molar-refractivity contribution >= 4 is 5.91 Å². The van der Waals surface area contributed by atoms with Crippen LogP contribution in [-0.4, -0.2) is 102 Å². The molecule has 2 fully saturated rings. The number of hydrogen-bond donors (Lipinski definition) is 1. The first-order valence-electron chi connectivity index (χ1n) is 10.7. The zero-order valence-electron chi connectivity index (χ0n) is 17.5. The highest BCUT2D eigenvalue weighted by Gasteiger charge is 2.29. The van der Waals surface area contributed by atoms with E-state index in [0.717, 1.165) is 65.3 Å². The standard InChI is InChI=1S/C22H36N4O2/c1-3-21-17-24(11-14-26(21)15-19(2)27)18-22(28)25-12-9-23(10-13-25)16-20-7-5-4-6-8-20/h4-8,19,21,27H,3,9-18H2,1-2H3. The highest BCUT2D eigenvalue weighted by atomic mass is 16.3. The van der Waals surface area contributed by atoms with Gasteiger partial charge >= 0.3 is 0 Å². The molecule has 1 amide bonds. The van der Waals surface area contributed by atoms with Gasteiger partial charge in [-0.25, -0.2) is 0 Å². The fraction of sp³-hybridized carbons (Fsp3) is 0.682. The number of nitrogens with zero attached hydrogens (tertiary/aromatic N) is 4. The molecule has 2 saturated heterocycles. The molecule has 0 aromatic heterocycles. The van der Waals surface area contributed by atoms with Crippen LogP contribution in [0.25, 0.3) is 0 Å². The van der Waals surface area contributed by atoms with Gasteiger partial charge in [-0.2, -0.15) is 0 Å². The van der Waals surface area contributed by atoms with E-state index >= 15 is 0 Å². The van der Waals surface area contributed by atoms with Crippen LogP contribution in [0.5, 0.6) is 0 Å². The quantitative estimate of drug-likeness (QED) is 0.758. The number of amides is 1. The van der Waals surface area contributed by atoms with Gasteiger partial charge in [0.25, 0.3) is 0 Å². The molecule has 0 radical (unpaired) electrons. The third-order valence-electron chi connectivity index (χ3n) is 5.99. The van der Waals surface area contributed by atoms with Gasteiger partial charge < -0.3 is 10.0 Å². The first kappa shape index (κ1) is 21.2. The summed E-state index contributed by atoms with van der Waals surface area (Å²) >= 11 is 0. The maximum absolute atomic E-state index is 12.8. The molecular formula is C22H36N4O2. The van der Waals surface area contributed by atoms with Gasteiger partial charge in [0.05, 0.1) is 12.6 Å². The van der Waals surface area contributed by atoms with Gasteiger partial charge in [-0.1, -0.05) is 37.3 Å². The summed E-state index contributed by atoms with van der Waals surface area (Å²) in [6, 6.07) is 11.0. The molecule has 3 rings (SSSR count). The zero-order chi connectivity index (χ0) is 19.9. The molecule has 1 aromatic rings. The van der Waals surface area contributed by atoms with Crippen molar-refractivity contribution < 1.29 is 9.90 Å². The lowest BCUT2D eigenvalue weighted by atomic mass is 10.1. The summed E-state index contributed by atoms with van der Waals surface area (Å²) in [6.07, 6.45) is 0.754. The highest BCUT2D eigenvalue weighted by molar-refractivity contribution is 5.78. The molecule has 0 aliphatic carbocycles. The van der Waals surface area contributed by atoms with Crippen LogP contribution < -0.4 is 0 Å². The third-order valence-corrected chi connectivity index (χ3v) is 5.99. The number of rotatable bonds is 7. The fourth-order valence-corrected chi connectivity index (χ4v) is 4.36. The smallest absolute Gasteiger partial charge is 0.236 e. The third kappa shape index (κ3) is 6.01. The molecule has 1 aromatic carbocycles. The Morgan fingerprint density at radius 1 is 1.07 bits per heavy atom. The van der Waals surface area contributed by atoms with E-state index in [1.165, 1.54) is 5.56 Å². The van der Waals surface area contributed by atoms with Crippen LogP contribution in [0.4, 0.5) is 0 Å². The molecule has 2 atom stereocenters. The second-order valence-corrected chi connectivity index (χ2v) is 8.28. The summed E-state index contributed by atoms with van der Waals surface area (Å²) in [6.45, 7) is 12.6. The van der Waals surface area contributed by atoms with Crippen molar-refractivity contribution in [3.63, 3.8) is 0 Å². The van der Waals surface area contributed by atoms with Crippen LogP contribution in [0, 0.1) is 0 Å². The number of carbonyl (C=O) groups is 1. The topological polar surface area (TPSA) is 50.3 Å². The number of piperazine rings is 2. The zero-order valence-corrected chi connectivity index (χ0v) is 17.5. The Balaban J connectivity index is 1.42. The first-order chi connectivity index (χ1) is 13.5. The van der Waals surface area contributed by atoms with E-state index in [9.17, 15) is 9.90 Å². The van der Waals surface area contributed by atoms with Crippen LogP contribution in [0.3, 0.4) is 0 Å². The number of aliphatic hydroxyl groups is 1. The summed E-state index contributed by atoms with van der Waals surface area (Å²) in [5, 5.41) is 9.69. The molecular weight excluding hydrogens is 352 g/mol. The van der Waals surface area contributed by atoms with Crippen molar-refractivity contribution in [2.75, 3.05) is 58.9 Å². The number of β-amino-alcohol motifs (C(OH)–C–C–N with tert-alkyl or cyclic N) is 1. The van der Waals surface area contributed by atoms with Crippen molar-refractivity contribution in [2.24, 2.45) is 0 Å².